The minimum atomic E-state index is -0.859. The van der Waals surface area contributed by atoms with Gasteiger partial charge in [-0.2, -0.15) is 0 Å². The highest BCUT2D eigenvalue weighted by Gasteiger charge is 2.13. The Balaban J connectivity index is 1.48. The normalized spacial score (nSPS) is 11.7. The minimum absolute atomic E-state index is 0.0373. The van der Waals surface area contributed by atoms with Crippen molar-refractivity contribution in [1.29, 1.82) is 0 Å². The molecule has 184 valence electrons. The predicted octanol–water partition coefficient (Wildman–Crippen LogP) is 6.37. The van der Waals surface area contributed by atoms with E-state index in [9.17, 15) is 9.59 Å². The summed E-state index contributed by atoms with van der Waals surface area (Å²) in [6, 6.07) is 25.9. The lowest BCUT2D eigenvalue weighted by molar-refractivity contribution is -0.137. The number of para-hydroxylation sites is 2. The van der Waals surface area contributed by atoms with Gasteiger partial charge in [0, 0.05) is 35.6 Å². The van der Waals surface area contributed by atoms with Gasteiger partial charge in [-0.05, 0) is 67.3 Å². The van der Waals surface area contributed by atoms with Gasteiger partial charge in [-0.3, -0.25) is 9.59 Å². The molecule has 0 fully saturated rings. The van der Waals surface area contributed by atoms with Crippen LogP contribution in [0.2, 0.25) is 0 Å². The van der Waals surface area contributed by atoms with Crippen molar-refractivity contribution in [3.05, 3.63) is 102 Å². The quantitative estimate of drug-likeness (QED) is 0.203. The van der Waals surface area contributed by atoms with E-state index in [1.54, 1.807) is 12.1 Å². The van der Waals surface area contributed by atoms with Gasteiger partial charge in [0.15, 0.2) is 0 Å². The fourth-order valence-electron chi connectivity index (χ4n) is 4.06. The molecule has 1 heterocycles. The highest BCUT2D eigenvalue weighted by Crippen LogP contribution is 2.28. The van der Waals surface area contributed by atoms with Crippen LogP contribution in [-0.2, 0) is 16.1 Å². The highest BCUT2D eigenvalue weighted by atomic mass is 16.5. The summed E-state index contributed by atoms with van der Waals surface area (Å²) in [6.07, 6.45) is 2.52. The molecule has 1 amide bonds. The standard InChI is InChI=1S/C30H30N2O4/c1-21(22(2)30(35)31-26-11-6-7-12-28(26)36-18-8-13-29(33)34)24-14-15-27-25(19-24)16-17-32(27)20-23-9-4-3-5-10-23/h3-7,9-12,14-17,19H,8,13,18,20H2,1-2H3,(H,31,35)(H,33,34). The zero-order valence-electron chi connectivity index (χ0n) is 20.5. The second-order valence-corrected chi connectivity index (χ2v) is 8.75. The van der Waals surface area contributed by atoms with Gasteiger partial charge in [0.2, 0.25) is 0 Å². The van der Waals surface area contributed by atoms with Crippen molar-refractivity contribution in [3.63, 3.8) is 0 Å². The van der Waals surface area contributed by atoms with Gasteiger partial charge < -0.3 is 19.7 Å². The number of carbonyl (C=O) groups is 2. The molecule has 0 aliphatic carbocycles. The molecule has 2 N–H and O–H groups in total. The SMILES string of the molecule is CC(C(=O)Nc1ccccc1OCCCC(=O)O)=C(C)c1ccc2c(ccn2Cc2ccccc2)c1. The number of nitrogens with one attached hydrogen (secondary N) is 1. The maximum Gasteiger partial charge on any atom is 0.303 e. The van der Waals surface area contributed by atoms with Crippen molar-refractivity contribution in [2.75, 3.05) is 11.9 Å². The number of rotatable bonds is 10. The molecule has 0 aliphatic heterocycles. The second kappa shape index (κ2) is 11.4. The molecule has 0 saturated carbocycles. The van der Waals surface area contributed by atoms with Crippen LogP contribution in [0.25, 0.3) is 16.5 Å². The third kappa shape index (κ3) is 6.02. The topological polar surface area (TPSA) is 80.6 Å². The number of amides is 1. The third-order valence-electron chi connectivity index (χ3n) is 6.23. The van der Waals surface area contributed by atoms with E-state index in [0.717, 1.165) is 28.6 Å². The number of carboxylic acids is 1. The molecule has 0 spiro atoms. The molecule has 1 aromatic heterocycles. The smallest absolute Gasteiger partial charge is 0.303 e. The lowest BCUT2D eigenvalue weighted by atomic mass is 10.0. The molecule has 0 saturated heterocycles. The first-order valence-corrected chi connectivity index (χ1v) is 12.0. The van der Waals surface area contributed by atoms with Crippen LogP contribution in [0.3, 0.4) is 0 Å². The molecule has 0 aliphatic rings. The summed E-state index contributed by atoms with van der Waals surface area (Å²) >= 11 is 0. The summed E-state index contributed by atoms with van der Waals surface area (Å²) < 4.78 is 7.93. The lowest BCUT2D eigenvalue weighted by Gasteiger charge is -2.14. The van der Waals surface area contributed by atoms with Gasteiger partial charge in [-0.1, -0.05) is 48.5 Å². The number of anilines is 1. The molecular weight excluding hydrogens is 452 g/mol. The molecule has 0 atom stereocenters. The zero-order valence-corrected chi connectivity index (χ0v) is 20.5. The van der Waals surface area contributed by atoms with Crippen molar-refractivity contribution in [1.82, 2.24) is 4.57 Å². The third-order valence-corrected chi connectivity index (χ3v) is 6.23. The summed E-state index contributed by atoms with van der Waals surface area (Å²) in [6.45, 7) is 4.83. The fourth-order valence-corrected chi connectivity index (χ4v) is 4.06. The first-order chi connectivity index (χ1) is 17.4. The van der Waals surface area contributed by atoms with E-state index in [0.29, 0.717) is 23.4 Å². The van der Waals surface area contributed by atoms with Crippen LogP contribution in [0.5, 0.6) is 5.75 Å². The van der Waals surface area contributed by atoms with Crippen LogP contribution < -0.4 is 10.1 Å². The molecule has 0 radical (unpaired) electrons. The van der Waals surface area contributed by atoms with Gasteiger partial charge in [-0.25, -0.2) is 0 Å². The first-order valence-electron chi connectivity index (χ1n) is 12.0. The largest absolute Gasteiger partial charge is 0.491 e. The fraction of sp³-hybridized carbons (Fsp3) is 0.200. The number of ether oxygens (including phenoxy) is 1. The van der Waals surface area contributed by atoms with Gasteiger partial charge in [0.25, 0.3) is 5.91 Å². The maximum atomic E-state index is 13.1. The van der Waals surface area contributed by atoms with Crippen molar-refractivity contribution in [3.8, 4) is 5.75 Å². The average molecular weight is 483 g/mol. The van der Waals surface area contributed by atoms with Crippen LogP contribution in [0.1, 0.15) is 37.8 Å². The molecule has 4 rings (SSSR count). The Morgan fingerprint density at radius 3 is 2.47 bits per heavy atom. The monoisotopic (exact) mass is 482 g/mol. The first kappa shape index (κ1) is 24.8. The number of nitrogens with zero attached hydrogens (tertiary/aromatic N) is 1. The number of hydrogen-bond donors (Lipinski definition) is 2. The number of carboxylic acid groups (broad SMARTS) is 1. The number of allylic oxidation sites excluding steroid dienone is 1. The summed E-state index contributed by atoms with van der Waals surface area (Å²) in [4.78, 5) is 23.8. The Morgan fingerprint density at radius 2 is 1.69 bits per heavy atom. The number of carbonyl (C=O) groups excluding carboxylic acids is 1. The van der Waals surface area contributed by atoms with Crippen LogP contribution in [-0.4, -0.2) is 28.2 Å². The number of hydrogen-bond acceptors (Lipinski definition) is 3. The zero-order chi connectivity index (χ0) is 25.5. The van der Waals surface area contributed by atoms with E-state index in [1.807, 2.05) is 44.2 Å². The summed E-state index contributed by atoms with van der Waals surface area (Å²) in [5.41, 5.74) is 5.44. The molecule has 6 heteroatoms. The van der Waals surface area contributed by atoms with E-state index in [2.05, 4.69) is 52.5 Å². The molecule has 4 aromatic rings. The average Bonchev–Trinajstić information content (AvgIpc) is 3.28. The highest BCUT2D eigenvalue weighted by molar-refractivity contribution is 6.09. The second-order valence-electron chi connectivity index (χ2n) is 8.75. The van der Waals surface area contributed by atoms with Gasteiger partial charge in [0.05, 0.1) is 12.3 Å². The molecule has 36 heavy (non-hydrogen) atoms. The molecule has 3 aromatic carbocycles. The van der Waals surface area contributed by atoms with Crippen molar-refractivity contribution < 1.29 is 19.4 Å². The predicted molar refractivity (Wildman–Crippen MR) is 143 cm³/mol. The Kier molecular flexibility index (Phi) is 7.85. The van der Waals surface area contributed by atoms with E-state index in [-0.39, 0.29) is 18.9 Å². The van der Waals surface area contributed by atoms with E-state index < -0.39 is 5.97 Å². The van der Waals surface area contributed by atoms with Crippen LogP contribution >= 0.6 is 0 Å². The van der Waals surface area contributed by atoms with Crippen molar-refractivity contribution in [2.24, 2.45) is 0 Å². The summed E-state index contributed by atoms with van der Waals surface area (Å²) in [5, 5.41) is 12.9. The number of fused-ring (bicyclic) bond motifs is 1. The maximum absolute atomic E-state index is 13.1. The van der Waals surface area contributed by atoms with Crippen LogP contribution in [0.15, 0.2) is 90.6 Å². The molecule has 0 unspecified atom stereocenters. The van der Waals surface area contributed by atoms with E-state index in [4.69, 9.17) is 9.84 Å². The van der Waals surface area contributed by atoms with Gasteiger partial charge >= 0.3 is 5.97 Å². The van der Waals surface area contributed by atoms with Gasteiger partial charge in [0.1, 0.15) is 5.75 Å². The Morgan fingerprint density at radius 1 is 0.944 bits per heavy atom. The van der Waals surface area contributed by atoms with Crippen molar-refractivity contribution >= 4 is 34.0 Å². The number of aromatic nitrogens is 1. The molecule has 6 nitrogen and oxygen atoms in total. The number of benzene rings is 3. The number of aliphatic carboxylic acids is 1. The summed E-state index contributed by atoms with van der Waals surface area (Å²) in [7, 11) is 0. The Hall–Kier alpha value is -4.32. The van der Waals surface area contributed by atoms with E-state index in [1.165, 1.54) is 5.56 Å². The molecular formula is C30H30N2O4. The summed E-state index contributed by atoms with van der Waals surface area (Å²) in [5.74, 6) is -0.555. The van der Waals surface area contributed by atoms with Crippen LogP contribution in [0, 0.1) is 0 Å². The molecule has 0 bridgehead atoms. The van der Waals surface area contributed by atoms with Crippen molar-refractivity contribution in [2.45, 2.75) is 33.2 Å². The Bertz CT molecular complexity index is 1400. The minimum Gasteiger partial charge on any atom is -0.491 e. The van der Waals surface area contributed by atoms with E-state index >= 15 is 0 Å². The van der Waals surface area contributed by atoms with Gasteiger partial charge in [-0.15, -0.1) is 0 Å². The Labute approximate surface area is 210 Å². The van der Waals surface area contributed by atoms with Crippen LogP contribution in [0.4, 0.5) is 5.69 Å². The lowest BCUT2D eigenvalue weighted by Crippen LogP contribution is -2.15.